The predicted octanol–water partition coefficient (Wildman–Crippen LogP) is 2.23. The van der Waals surface area contributed by atoms with Crippen molar-refractivity contribution in [1.82, 2.24) is 9.13 Å². The molecule has 1 saturated carbocycles. The number of aryl methyl sites for hydroxylation is 1. The van der Waals surface area contributed by atoms with Gasteiger partial charge in [0.2, 0.25) is 0 Å². The van der Waals surface area contributed by atoms with Crippen molar-refractivity contribution in [1.29, 1.82) is 5.26 Å². The Morgan fingerprint density at radius 3 is 2.70 bits per heavy atom. The zero-order chi connectivity index (χ0) is 23.9. The van der Waals surface area contributed by atoms with E-state index in [4.69, 9.17) is 10.7 Å². The number of aromatic nitrogens is 2. The summed E-state index contributed by atoms with van der Waals surface area (Å²) >= 11 is 0. The van der Waals surface area contributed by atoms with E-state index in [1.165, 1.54) is 12.1 Å². The maximum atomic E-state index is 14.5. The van der Waals surface area contributed by atoms with Gasteiger partial charge in [-0.1, -0.05) is 13.0 Å². The number of carbonyl (C=O) groups excluding carboxylic acids is 1. The van der Waals surface area contributed by atoms with Crippen LogP contribution in [-0.4, -0.2) is 15.0 Å². The zero-order valence-corrected chi connectivity index (χ0v) is 19.0. The number of nitrogens with zero attached hydrogens (tertiary/aromatic N) is 4. The van der Waals surface area contributed by atoms with Crippen LogP contribution >= 0.6 is 0 Å². The number of anilines is 1. The second-order valence-electron chi connectivity index (χ2n) is 8.52. The summed E-state index contributed by atoms with van der Waals surface area (Å²) in [6, 6.07) is 4.86. The molecule has 0 radical (unpaired) electrons. The fourth-order valence-electron chi connectivity index (χ4n) is 4.48. The Hall–Kier alpha value is -3.67. The zero-order valence-electron chi connectivity index (χ0n) is 19.0. The molecule has 8 nitrogen and oxygen atoms in total. The molecule has 1 amide bonds. The number of fused-ring (bicyclic) bond motifs is 1. The first-order valence-corrected chi connectivity index (χ1v) is 11.2. The van der Waals surface area contributed by atoms with Crippen LogP contribution in [0, 0.1) is 30.0 Å². The van der Waals surface area contributed by atoms with Crippen LogP contribution in [0.2, 0.25) is 0 Å². The number of amides is 1. The summed E-state index contributed by atoms with van der Waals surface area (Å²) in [5.74, 6) is -1.03. The molecule has 1 aromatic heterocycles. The predicted molar refractivity (Wildman–Crippen MR) is 122 cm³/mol. The highest BCUT2D eigenvalue weighted by molar-refractivity contribution is 5.93. The molecule has 2 heterocycles. The molecule has 0 atom stereocenters. The van der Waals surface area contributed by atoms with Crippen molar-refractivity contribution in [2.75, 3.05) is 5.32 Å². The van der Waals surface area contributed by atoms with Gasteiger partial charge < -0.3 is 11.1 Å². The highest BCUT2D eigenvalue weighted by Gasteiger charge is 2.33. The van der Waals surface area contributed by atoms with Gasteiger partial charge in [0, 0.05) is 18.3 Å². The lowest BCUT2D eigenvalue weighted by Gasteiger charge is -2.30. The number of nitrogens with two attached hydrogens (primary N) is 1. The second kappa shape index (κ2) is 8.70. The van der Waals surface area contributed by atoms with Crippen molar-refractivity contribution < 1.29 is 9.18 Å². The average Bonchev–Trinajstić information content (AvgIpc) is 2.88. The normalized spacial score (nSPS) is 19.5. The summed E-state index contributed by atoms with van der Waals surface area (Å²) in [7, 11) is 0. The molecule has 1 fully saturated rings. The maximum absolute atomic E-state index is 14.5. The van der Waals surface area contributed by atoms with E-state index in [1.807, 2.05) is 19.9 Å². The van der Waals surface area contributed by atoms with Crippen molar-refractivity contribution in [3.63, 3.8) is 0 Å². The number of allylic oxidation sites excluding steroid dienone is 1. The fourth-order valence-corrected chi connectivity index (χ4v) is 4.48. The third kappa shape index (κ3) is 3.86. The fraction of sp³-hybridized carbons (Fsp3) is 0.417. The van der Waals surface area contributed by atoms with Crippen LogP contribution in [0.5, 0.6) is 0 Å². The molecule has 4 rings (SSSR count). The number of hydrogen-bond donors (Lipinski definition) is 2. The van der Waals surface area contributed by atoms with Gasteiger partial charge in [-0.25, -0.2) is 14.2 Å². The van der Waals surface area contributed by atoms with E-state index in [0.29, 0.717) is 54.8 Å². The molecule has 33 heavy (non-hydrogen) atoms. The number of primary amides is 1. The molecule has 0 spiro atoms. The Bertz CT molecular complexity index is 1390. The first kappa shape index (κ1) is 22.5. The second-order valence-corrected chi connectivity index (χ2v) is 8.52. The van der Waals surface area contributed by atoms with E-state index in [1.54, 1.807) is 16.1 Å². The molecule has 1 aromatic carbocycles. The molecule has 9 heteroatoms. The topological polar surface area (TPSA) is 118 Å². The van der Waals surface area contributed by atoms with Crippen LogP contribution in [-0.2, 0) is 6.54 Å². The number of halogens is 1. The molecule has 3 N–H and O–H groups in total. The Kier molecular flexibility index (Phi) is 5.93. The van der Waals surface area contributed by atoms with Gasteiger partial charge in [0.25, 0.3) is 5.91 Å². The molecule has 0 bridgehead atoms. The molecule has 2 aliphatic rings. The van der Waals surface area contributed by atoms with Gasteiger partial charge in [-0.15, -0.1) is 0 Å². The van der Waals surface area contributed by atoms with Crippen molar-refractivity contribution >= 4 is 17.7 Å². The summed E-state index contributed by atoms with van der Waals surface area (Å²) in [6.07, 6.45) is 4.56. The van der Waals surface area contributed by atoms with Gasteiger partial charge >= 0.3 is 5.69 Å². The Balaban J connectivity index is 1.85. The quantitative estimate of drug-likeness (QED) is 0.701. The Morgan fingerprint density at radius 2 is 2.09 bits per heavy atom. The first-order valence-electron chi connectivity index (χ1n) is 11.2. The monoisotopic (exact) mass is 450 g/mol. The first-order chi connectivity index (χ1) is 15.8. The van der Waals surface area contributed by atoms with Crippen molar-refractivity contribution in [2.24, 2.45) is 16.6 Å². The number of imidazole rings is 1. The van der Waals surface area contributed by atoms with Crippen LogP contribution in [0.25, 0.3) is 6.08 Å². The molecule has 0 saturated heterocycles. The lowest BCUT2D eigenvalue weighted by Crippen LogP contribution is -2.40. The van der Waals surface area contributed by atoms with Gasteiger partial charge in [-0.2, -0.15) is 5.26 Å². The molecular formula is C24H27FN6O2. The summed E-state index contributed by atoms with van der Waals surface area (Å²) in [4.78, 5) is 29.5. The Morgan fingerprint density at radius 1 is 1.36 bits per heavy atom. The maximum Gasteiger partial charge on any atom is 0.330 e. The highest BCUT2D eigenvalue weighted by atomic mass is 19.1. The molecule has 2 aromatic rings. The summed E-state index contributed by atoms with van der Waals surface area (Å²) in [5, 5.41) is 13.2. The van der Waals surface area contributed by atoms with E-state index < -0.39 is 11.7 Å². The van der Waals surface area contributed by atoms with E-state index >= 15 is 0 Å². The molecule has 0 unspecified atom stereocenters. The van der Waals surface area contributed by atoms with Crippen LogP contribution < -0.4 is 27.6 Å². The Labute approximate surface area is 190 Å². The summed E-state index contributed by atoms with van der Waals surface area (Å²) < 4.78 is 17.9. The molecular weight excluding hydrogens is 423 g/mol. The van der Waals surface area contributed by atoms with E-state index in [9.17, 15) is 19.2 Å². The van der Waals surface area contributed by atoms with Crippen LogP contribution in [0.3, 0.4) is 0 Å². The average molecular weight is 451 g/mol. The number of nitrogens with one attached hydrogen (secondary N) is 1. The third-order valence-electron chi connectivity index (χ3n) is 6.52. The lowest BCUT2D eigenvalue weighted by molar-refractivity contribution is 0.0996. The van der Waals surface area contributed by atoms with Gasteiger partial charge in [0.15, 0.2) is 5.49 Å². The van der Waals surface area contributed by atoms with Crippen molar-refractivity contribution in [3.05, 3.63) is 61.8 Å². The number of benzene rings is 1. The number of nitriles is 1. The standard InChI is InChI=1S/C24H27FN6O2/c1-4-15-6-7-20-23(31(24(33)30(20)5-2)16-9-14(10-16)12-26)29-22(15)28-19-11-18(25)17(21(27)32)8-13(19)3/h7-8,11,14,16,28H,4-6,9-10H2,1-3H3,(H2,27,32). The van der Waals surface area contributed by atoms with Crippen LogP contribution in [0.15, 0.2) is 33.3 Å². The highest BCUT2D eigenvalue weighted by Crippen LogP contribution is 2.35. The summed E-state index contributed by atoms with van der Waals surface area (Å²) in [5.41, 5.74) is 7.66. The van der Waals surface area contributed by atoms with Crippen LogP contribution in [0.4, 0.5) is 10.1 Å². The van der Waals surface area contributed by atoms with E-state index in [0.717, 1.165) is 10.9 Å². The summed E-state index contributed by atoms with van der Waals surface area (Å²) in [6.45, 7) is 6.21. The molecule has 1 aliphatic heterocycles. The largest absolute Gasteiger partial charge is 0.366 e. The minimum Gasteiger partial charge on any atom is -0.366 e. The smallest absolute Gasteiger partial charge is 0.330 e. The lowest BCUT2D eigenvalue weighted by atomic mass is 9.81. The van der Waals surface area contributed by atoms with Gasteiger partial charge in [-0.3, -0.25) is 13.9 Å². The number of carbonyl (C=O) groups is 1. The van der Waals surface area contributed by atoms with Gasteiger partial charge in [-0.05, 0) is 62.8 Å². The van der Waals surface area contributed by atoms with Gasteiger partial charge in [0.05, 0.1) is 22.9 Å². The minimum absolute atomic E-state index is 0.0500. The SMILES string of the molecule is CCC1=C(Nc2cc(F)c(C(N)=O)cc2C)N=c2c(n(CC)c(=O)n2C2CC(C#N)C2)=CC1. The number of rotatable bonds is 6. The molecule has 1 aliphatic carbocycles. The van der Waals surface area contributed by atoms with Gasteiger partial charge in [0.1, 0.15) is 11.6 Å². The third-order valence-corrected chi connectivity index (χ3v) is 6.52. The van der Waals surface area contributed by atoms with Crippen LogP contribution in [0.1, 0.15) is 61.5 Å². The number of hydrogen-bond acceptors (Lipinski definition) is 5. The van der Waals surface area contributed by atoms with Crippen molar-refractivity contribution in [3.8, 4) is 6.07 Å². The van der Waals surface area contributed by atoms with E-state index in [2.05, 4.69) is 11.4 Å². The minimum atomic E-state index is -0.824. The molecule has 172 valence electrons. The van der Waals surface area contributed by atoms with Crippen molar-refractivity contribution in [2.45, 2.75) is 59.0 Å². The van der Waals surface area contributed by atoms with E-state index in [-0.39, 0.29) is 23.2 Å².